The number of piperidine rings is 1. The Morgan fingerprint density at radius 2 is 2.10 bits per heavy atom. The Labute approximate surface area is 124 Å². The molecule has 1 aliphatic heterocycles. The largest absolute Gasteiger partial charge is 0.480 e. The fraction of sp³-hybridized carbons (Fsp3) is 0.500. The molecule has 5 nitrogen and oxygen atoms in total. The highest BCUT2D eigenvalue weighted by molar-refractivity contribution is 5.74. The summed E-state index contributed by atoms with van der Waals surface area (Å²) in [6.45, 7) is 2.82. The first-order valence-electron chi connectivity index (χ1n) is 7.14. The molecule has 0 bridgehead atoms. The molecule has 5 heteroatoms. The molecule has 1 fully saturated rings. The second kappa shape index (κ2) is 6.72. The van der Waals surface area contributed by atoms with Gasteiger partial charge in [0.2, 0.25) is 0 Å². The van der Waals surface area contributed by atoms with Gasteiger partial charge in [-0.25, -0.2) is 0 Å². The lowest BCUT2D eigenvalue weighted by molar-refractivity contribution is -0.150. The minimum atomic E-state index is -0.862. The Morgan fingerprint density at radius 1 is 1.38 bits per heavy atom. The van der Waals surface area contributed by atoms with Crippen LogP contribution in [0.15, 0.2) is 30.3 Å². The van der Waals surface area contributed by atoms with Crippen molar-refractivity contribution in [3.05, 3.63) is 35.9 Å². The van der Waals surface area contributed by atoms with Gasteiger partial charge in [-0.3, -0.25) is 9.59 Å². The highest BCUT2D eigenvalue weighted by Gasteiger charge is 2.37. The maximum absolute atomic E-state index is 12.0. The number of hydrogen-bond acceptors (Lipinski definition) is 4. The quantitative estimate of drug-likeness (QED) is 0.811. The lowest BCUT2D eigenvalue weighted by atomic mass is 9.75. The van der Waals surface area contributed by atoms with Crippen molar-refractivity contribution in [1.29, 1.82) is 0 Å². The summed E-state index contributed by atoms with van der Waals surface area (Å²) >= 11 is 0. The van der Waals surface area contributed by atoms with Crippen LogP contribution in [0.3, 0.4) is 0 Å². The van der Waals surface area contributed by atoms with Crippen molar-refractivity contribution in [2.75, 3.05) is 6.54 Å². The molecule has 0 amide bonds. The molecule has 1 aliphatic rings. The molecule has 2 atom stereocenters. The predicted molar refractivity (Wildman–Crippen MR) is 77.6 cm³/mol. The highest BCUT2D eigenvalue weighted by Crippen LogP contribution is 2.34. The number of ether oxygens (including phenoxy) is 1. The Bertz CT molecular complexity index is 502. The summed E-state index contributed by atoms with van der Waals surface area (Å²) in [7, 11) is 0. The molecule has 0 spiro atoms. The molecule has 2 unspecified atom stereocenters. The lowest BCUT2D eigenvalue weighted by Crippen LogP contribution is -2.47. The second-order valence-corrected chi connectivity index (χ2v) is 5.93. The number of carboxylic acid groups (broad SMARTS) is 1. The Hall–Kier alpha value is -1.88. The normalized spacial score (nSPS) is 25.3. The number of hydrogen-bond donors (Lipinski definition) is 2. The molecule has 2 N–H and O–H groups in total. The smallest absolute Gasteiger partial charge is 0.320 e. The molecule has 21 heavy (non-hydrogen) atoms. The maximum Gasteiger partial charge on any atom is 0.320 e. The number of rotatable bonds is 5. The van der Waals surface area contributed by atoms with Gasteiger partial charge in [-0.1, -0.05) is 37.3 Å². The Kier molecular flexibility index (Phi) is 4.96. The summed E-state index contributed by atoms with van der Waals surface area (Å²) in [5, 5.41) is 12.0. The number of carbonyl (C=O) groups is 2. The number of benzene rings is 1. The van der Waals surface area contributed by atoms with E-state index in [0.717, 1.165) is 12.0 Å². The number of esters is 1. The van der Waals surface area contributed by atoms with Gasteiger partial charge >= 0.3 is 11.9 Å². The Morgan fingerprint density at radius 3 is 2.76 bits per heavy atom. The van der Waals surface area contributed by atoms with E-state index in [9.17, 15) is 9.59 Å². The van der Waals surface area contributed by atoms with Crippen molar-refractivity contribution >= 4 is 11.9 Å². The summed E-state index contributed by atoms with van der Waals surface area (Å²) in [4.78, 5) is 23.0. The number of carbonyl (C=O) groups excluding carboxylic acids is 1. The van der Waals surface area contributed by atoms with Crippen LogP contribution in [0.1, 0.15) is 31.7 Å². The fourth-order valence-corrected chi connectivity index (χ4v) is 2.69. The molecule has 1 saturated heterocycles. The molecule has 1 aromatic carbocycles. The van der Waals surface area contributed by atoms with Gasteiger partial charge in [-0.05, 0) is 30.4 Å². The van der Waals surface area contributed by atoms with Crippen LogP contribution in [-0.4, -0.2) is 29.6 Å². The van der Waals surface area contributed by atoms with Crippen LogP contribution in [0.4, 0.5) is 0 Å². The van der Waals surface area contributed by atoms with Crippen molar-refractivity contribution in [3.63, 3.8) is 0 Å². The van der Waals surface area contributed by atoms with Gasteiger partial charge in [-0.15, -0.1) is 0 Å². The number of carboxylic acids is 1. The Balaban J connectivity index is 1.85. The predicted octanol–water partition coefficient (Wildman–Crippen LogP) is 1.96. The van der Waals surface area contributed by atoms with Gasteiger partial charge in [0.15, 0.2) is 0 Å². The first kappa shape index (κ1) is 15.5. The van der Waals surface area contributed by atoms with Crippen LogP contribution < -0.4 is 5.32 Å². The molecule has 2 rings (SSSR count). The molecule has 114 valence electrons. The maximum atomic E-state index is 12.0. The van der Waals surface area contributed by atoms with Crippen molar-refractivity contribution < 1.29 is 19.4 Å². The van der Waals surface area contributed by atoms with Crippen molar-refractivity contribution in [1.82, 2.24) is 5.32 Å². The molecule has 0 radical (unpaired) electrons. The third-order valence-electron chi connectivity index (χ3n) is 3.93. The molecule has 0 aromatic heterocycles. The number of aliphatic carboxylic acids is 1. The fourth-order valence-electron chi connectivity index (χ4n) is 2.69. The van der Waals surface area contributed by atoms with E-state index in [0.29, 0.717) is 13.0 Å². The molecular weight excluding hydrogens is 270 g/mol. The van der Waals surface area contributed by atoms with E-state index in [1.165, 1.54) is 0 Å². The molecular formula is C16H21NO4. The summed E-state index contributed by atoms with van der Waals surface area (Å²) in [6, 6.07) is 8.93. The highest BCUT2D eigenvalue weighted by atomic mass is 16.5. The van der Waals surface area contributed by atoms with E-state index in [1.807, 2.05) is 37.3 Å². The summed E-state index contributed by atoms with van der Waals surface area (Å²) in [6.07, 6.45) is 1.48. The van der Waals surface area contributed by atoms with Crippen LogP contribution >= 0.6 is 0 Å². The van der Waals surface area contributed by atoms with E-state index in [-0.39, 0.29) is 24.4 Å². The van der Waals surface area contributed by atoms with Crippen molar-refractivity contribution in [3.8, 4) is 0 Å². The molecule has 0 saturated carbocycles. The van der Waals surface area contributed by atoms with Crippen LogP contribution in [-0.2, 0) is 20.9 Å². The third kappa shape index (κ3) is 4.56. The first-order valence-corrected chi connectivity index (χ1v) is 7.14. The van der Waals surface area contributed by atoms with E-state index in [2.05, 4.69) is 5.32 Å². The van der Waals surface area contributed by atoms with Gasteiger partial charge in [0.25, 0.3) is 0 Å². The van der Waals surface area contributed by atoms with Crippen molar-refractivity contribution in [2.24, 2.45) is 5.41 Å². The van der Waals surface area contributed by atoms with Crippen LogP contribution in [0.25, 0.3) is 0 Å². The topological polar surface area (TPSA) is 75.6 Å². The zero-order valence-electron chi connectivity index (χ0n) is 12.2. The van der Waals surface area contributed by atoms with Crippen LogP contribution in [0, 0.1) is 5.41 Å². The van der Waals surface area contributed by atoms with Gasteiger partial charge in [0.05, 0.1) is 6.42 Å². The van der Waals surface area contributed by atoms with Gasteiger partial charge < -0.3 is 15.2 Å². The van der Waals surface area contributed by atoms with Gasteiger partial charge in [0, 0.05) is 0 Å². The molecule has 1 heterocycles. The van der Waals surface area contributed by atoms with Crippen LogP contribution in [0.2, 0.25) is 0 Å². The zero-order valence-corrected chi connectivity index (χ0v) is 12.2. The summed E-state index contributed by atoms with van der Waals surface area (Å²) in [5.41, 5.74) is 0.631. The SMILES string of the molecule is CC1(CC(=O)OCc2ccccc2)CCNC(C(=O)O)C1. The number of nitrogens with one attached hydrogen (secondary N) is 1. The van der Waals surface area contributed by atoms with E-state index in [4.69, 9.17) is 9.84 Å². The first-order chi connectivity index (χ1) is 9.98. The minimum Gasteiger partial charge on any atom is -0.480 e. The zero-order chi connectivity index (χ0) is 15.3. The summed E-state index contributed by atoms with van der Waals surface area (Å²) < 4.78 is 5.28. The standard InChI is InChI=1S/C16H21NO4/c1-16(7-8-17-13(9-16)15(19)20)10-14(18)21-11-12-5-3-2-4-6-12/h2-6,13,17H,7-11H2,1H3,(H,19,20). The third-order valence-corrected chi connectivity index (χ3v) is 3.93. The second-order valence-electron chi connectivity index (χ2n) is 5.93. The van der Waals surface area contributed by atoms with Gasteiger partial charge in [0.1, 0.15) is 12.6 Å². The van der Waals surface area contributed by atoms with Gasteiger partial charge in [-0.2, -0.15) is 0 Å². The van der Waals surface area contributed by atoms with E-state index < -0.39 is 12.0 Å². The molecule has 1 aromatic rings. The monoisotopic (exact) mass is 291 g/mol. The lowest BCUT2D eigenvalue weighted by Gasteiger charge is -2.36. The average Bonchev–Trinajstić information content (AvgIpc) is 2.46. The van der Waals surface area contributed by atoms with Crippen molar-refractivity contribution in [2.45, 2.75) is 38.8 Å². The van der Waals surface area contributed by atoms with E-state index >= 15 is 0 Å². The average molecular weight is 291 g/mol. The summed E-state index contributed by atoms with van der Waals surface area (Å²) in [5.74, 6) is -1.13. The van der Waals surface area contributed by atoms with E-state index in [1.54, 1.807) is 0 Å². The van der Waals surface area contributed by atoms with Crippen LogP contribution in [0.5, 0.6) is 0 Å². The minimum absolute atomic E-state index is 0.255. The molecule has 0 aliphatic carbocycles.